The maximum absolute atomic E-state index is 15.1. The van der Waals surface area contributed by atoms with E-state index in [-0.39, 0.29) is 58.9 Å². The van der Waals surface area contributed by atoms with Crippen molar-refractivity contribution in [3.8, 4) is 0 Å². The van der Waals surface area contributed by atoms with Crippen LogP contribution < -0.4 is 4.90 Å². The molecule has 3 aliphatic heterocycles. The predicted octanol–water partition coefficient (Wildman–Crippen LogP) is 4.62. The van der Waals surface area contributed by atoms with Gasteiger partial charge in [-0.2, -0.15) is 26.3 Å². The van der Waals surface area contributed by atoms with Crippen LogP contribution in [-0.4, -0.2) is 84.2 Å². The van der Waals surface area contributed by atoms with Gasteiger partial charge >= 0.3 is 18.0 Å². The fourth-order valence-corrected chi connectivity index (χ4v) is 10.2. The number of carbonyl (C=O) groups excluding carboxylic acids is 1. The number of anilines is 1. The van der Waals surface area contributed by atoms with Gasteiger partial charge in [0.05, 0.1) is 10.9 Å². The third kappa shape index (κ3) is 4.73. The monoisotopic (exact) mass is 690 g/mol. The Morgan fingerprint density at radius 1 is 0.977 bits per heavy atom. The number of nitrogens with zero attached hydrogens (tertiary/aromatic N) is 2. The number of amides is 1. The van der Waals surface area contributed by atoms with Crippen molar-refractivity contribution in [2.24, 2.45) is 0 Å². The standard InChI is InChI=1S/C27H26ClF7N2O5S2/c1-36-15-21-24(44(41,42)18-5-3-17(28)4-6-18,8-11-37(21)22(38)23(39)9-12-43(40)13-10-23)19-7-2-16(14-20(19)36)25(29,26(30,31)32)27(33,34)35/h2-7,14,21,39H,8-13,15H2,1H3. The highest BCUT2D eigenvalue weighted by Crippen LogP contribution is 2.57. The largest absolute Gasteiger partial charge is 0.435 e. The summed E-state index contributed by atoms with van der Waals surface area (Å²) in [5, 5.41) is 11.4. The van der Waals surface area contributed by atoms with Gasteiger partial charge < -0.3 is 14.9 Å². The Labute approximate surface area is 255 Å². The zero-order chi connectivity index (χ0) is 32.7. The summed E-state index contributed by atoms with van der Waals surface area (Å²) in [5.41, 5.74) is -10.1. The highest BCUT2D eigenvalue weighted by atomic mass is 35.5. The van der Waals surface area contributed by atoms with Crippen LogP contribution in [0.4, 0.5) is 36.4 Å². The quantitative estimate of drug-likeness (QED) is 0.471. The van der Waals surface area contributed by atoms with Gasteiger partial charge in [-0.1, -0.05) is 23.7 Å². The van der Waals surface area contributed by atoms with Crippen LogP contribution in [0.25, 0.3) is 0 Å². The molecule has 44 heavy (non-hydrogen) atoms. The smallest absolute Gasteiger partial charge is 0.380 e. The minimum Gasteiger partial charge on any atom is -0.380 e. The van der Waals surface area contributed by atoms with E-state index in [1.807, 2.05) is 0 Å². The highest BCUT2D eigenvalue weighted by molar-refractivity contribution is 7.92. The van der Waals surface area contributed by atoms with Crippen molar-refractivity contribution in [2.75, 3.05) is 36.5 Å². The molecule has 2 atom stereocenters. The molecule has 2 fully saturated rings. The van der Waals surface area contributed by atoms with E-state index in [2.05, 4.69) is 0 Å². The molecular weight excluding hydrogens is 665 g/mol. The van der Waals surface area contributed by atoms with Gasteiger partial charge in [-0.3, -0.25) is 9.00 Å². The van der Waals surface area contributed by atoms with Gasteiger partial charge in [0.2, 0.25) is 0 Å². The number of likely N-dealkylation sites (N-methyl/N-ethyl adjacent to an activating group) is 1. The lowest BCUT2D eigenvalue weighted by Gasteiger charge is -2.47. The van der Waals surface area contributed by atoms with Gasteiger partial charge in [0.25, 0.3) is 5.91 Å². The second-order valence-electron chi connectivity index (χ2n) is 11.3. The first-order chi connectivity index (χ1) is 20.2. The van der Waals surface area contributed by atoms with Crippen molar-refractivity contribution in [1.82, 2.24) is 4.90 Å². The second kappa shape index (κ2) is 10.6. The predicted molar refractivity (Wildman–Crippen MR) is 147 cm³/mol. The Balaban J connectivity index is 1.72. The Kier molecular flexibility index (Phi) is 7.91. The van der Waals surface area contributed by atoms with Gasteiger partial charge in [-0.15, -0.1) is 0 Å². The summed E-state index contributed by atoms with van der Waals surface area (Å²) in [6.45, 7) is -0.636. The number of sulfone groups is 1. The second-order valence-corrected chi connectivity index (χ2v) is 15.6. The van der Waals surface area contributed by atoms with Gasteiger partial charge in [0, 0.05) is 58.7 Å². The summed E-state index contributed by atoms with van der Waals surface area (Å²) < 4.78 is 136. The molecule has 2 aromatic carbocycles. The van der Waals surface area contributed by atoms with E-state index < -0.39 is 78.8 Å². The van der Waals surface area contributed by atoms with Crippen LogP contribution >= 0.6 is 11.6 Å². The normalized spacial score (nSPS) is 28.0. The summed E-state index contributed by atoms with van der Waals surface area (Å²) in [7, 11) is -4.58. The third-order valence-corrected chi connectivity index (χ3v) is 13.0. The van der Waals surface area contributed by atoms with Crippen LogP contribution in [0.1, 0.15) is 30.4 Å². The van der Waals surface area contributed by atoms with E-state index in [9.17, 15) is 48.9 Å². The minimum atomic E-state index is -6.39. The first kappa shape index (κ1) is 32.9. The molecule has 17 heteroatoms. The number of hydrogen-bond donors (Lipinski definition) is 1. The van der Waals surface area contributed by atoms with Crippen molar-refractivity contribution in [1.29, 1.82) is 0 Å². The zero-order valence-electron chi connectivity index (χ0n) is 22.9. The van der Waals surface area contributed by atoms with Gasteiger partial charge in [0.1, 0.15) is 10.3 Å². The molecule has 0 saturated carbocycles. The number of carbonyl (C=O) groups is 1. The third-order valence-electron chi connectivity index (χ3n) is 8.88. The van der Waals surface area contributed by atoms with Crippen molar-refractivity contribution in [2.45, 2.75) is 58.6 Å². The molecule has 242 valence electrons. The fourth-order valence-electron chi connectivity index (χ4n) is 6.49. The average Bonchev–Trinajstić information content (AvgIpc) is 3.33. The Morgan fingerprint density at radius 3 is 2.09 bits per heavy atom. The molecule has 0 aliphatic carbocycles. The van der Waals surface area contributed by atoms with Crippen LogP contribution in [0, 0.1) is 0 Å². The van der Waals surface area contributed by atoms with Crippen LogP contribution in [0.3, 0.4) is 0 Å². The number of benzene rings is 2. The first-order valence-corrected chi connectivity index (χ1v) is 16.6. The Morgan fingerprint density at radius 2 is 1.55 bits per heavy atom. The number of rotatable bonds is 4. The number of aliphatic hydroxyl groups is 1. The molecule has 3 heterocycles. The summed E-state index contributed by atoms with van der Waals surface area (Å²) >= 11 is 5.94. The van der Waals surface area contributed by atoms with Gasteiger partial charge in [0.15, 0.2) is 9.84 Å². The highest BCUT2D eigenvalue weighted by Gasteiger charge is 2.74. The topological polar surface area (TPSA) is 95.0 Å². The molecule has 0 radical (unpaired) electrons. The molecule has 0 aromatic heterocycles. The molecule has 2 saturated heterocycles. The Bertz CT molecular complexity index is 1590. The molecule has 2 aromatic rings. The maximum atomic E-state index is 15.1. The lowest BCUT2D eigenvalue weighted by atomic mass is 9.82. The molecule has 1 N–H and O–H groups in total. The van der Waals surface area contributed by atoms with E-state index in [1.165, 1.54) is 36.2 Å². The summed E-state index contributed by atoms with van der Waals surface area (Å²) in [5.74, 6) is -0.758. The molecule has 7 nitrogen and oxygen atoms in total. The number of hydrogen-bond acceptors (Lipinski definition) is 6. The van der Waals surface area contributed by atoms with Gasteiger partial charge in [-0.25, -0.2) is 12.8 Å². The van der Waals surface area contributed by atoms with Crippen molar-refractivity contribution < 1.29 is 53.3 Å². The average molecular weight is 691 g/mol. The summed E-state index contributed by atoms with van der Waals surface area (Å²) in [6.07, 6.45) is -13.4. The number of fused-ring (bicyclic) bond motifs is 3. The maximum Gasteiger partial charge on any atom is 0.435 e. The molecule has 0 spiro atoms. The van der Waals surface area contributed by atoms with Crippen LogP contribution in [0.2, 0.25) is 5.02 Å². The lowest BCUT2D eigenvalue weighted by molar-refractivity contribution is -0.348. The fraction of sp³-hybridized carbons (Fsp3) is 0.519. The van der Waals surface area contributed by atoms with E-state index >= 15 is 4.39 Å². The van der Waals surface area contributed by atoms with Crippen LogP contribution in [-0.2, 0) is 35.8 Å². The van der Waals surface area contributed by atoms with Crippen LogP contribution in [0.15, 0.2) is 47.4 Å². The summed E-state index contributed by atoms with van der Waals surface area (Å²) in [6, 6.07) is 5.02. The lowest BCUT2D eigenvalue weighted by Crippen LogP contribution is -2.61. The first-order valence-electron chi connectivity index (χ1n) is 13.3. The van der Waals surface area contributed by atoms with E-state index in [0.717, 1.165) is 11.0 Å². The minimum absolute atomic E-state index is 0.0316. The Hall–Kier alpha value is -2.43. The van der Waals surface area contributed by atoms with E-state index in [4.69, 9.17) is 11.6 Å². The number of likely N-dealkylation sites (tertiary alicyclic amines) is 1. The molecule has 0 bridgehead atoms. The van der Waals surface area contributed by atoms with E-state index in [1.54, 1.807) is 0 Å². The molecule has 1 amide bonds. The molecule has 2 unspecified atom stereocenters. The molecule has 5 rings (SSSR count). The van der Waals surface area contributed by atoms with Crippen LogP contribution in [0.5, 0.6) is 0 Å². The SMILES string of the molecule is CN1CC2N(C(=O)C3(O)CCS(=O)CC3)CCC2(S(=O)(=O)c2ccc(Cl)cc2)c2ccc(C(F)(C(F)(F)F)C(F)(F)F)cc21. The van der Waals surface area contributed by atoms with E-state index in [0.29, 0.717) is 6.07 Å². The summed E-state index contributed by atoms with van der Waals surface area (Å²) in [4.78, 5) is 15.9. The van der Waals surface area contributed by atoms with Gasteiger partial charge in [-0.05, 0) is 55.2 Å². The molecular formula is C27H26ClF7N2O5S2. The molecule has 3 aliphatic rings. The van der Waals surface area contributed by atoms with Crippen molar-refractivity contribution in [3.63, 3.8) is 0 Å². The number of alkyl halides is 7. The van der Waals surface area contributed by atoms with Crippen molar-refractivity contribution >= 4 is 43.8 Å². The number of halogens is 8. The van der Waals surface area contributed by atoms with Crippen molar-refractivity contribution in [3.05, 3.63) is 58.6 Å². The zero-order valence-corrected chi connectivity index (χ0v) is 25.3.